The molecule has 0 saturated carbocycles. The number of nitrogens with zero attached hydrogens (tertiary/aromatic N) is 3. The van der Waals surface area contributed by atoms with Gasteiger partial charge in [-0.25, -0.2) is 4.79 Å². The van der Waals surface area contributed by atoms with Crippen molar-refractivity contribution in [3.05, 3.63) is 46.7 Å². The number of carboxylic acid groups (broad SMARTS) is 1. The number of benzene rings is 1. The molecular formula is C19H23N3O5. The fourth-order valence-electron chi connectivity index (χ4n) is 3.28. The molecule has 1 fully saturated rings. The van der Waals surface area contributed by atoms with Gasteiger partial charge in [-0.3, -0.25) is 14.5 Å². The molecule has 1 aromatic carbocycles. The second kappa shape index (κ2) is 7.79. The Morgan fingerprint density at radius 3 is 2.22 bits per heavy atom. The summed E-state index contributed by atoms with van der Waals surface area (Å²) in [6, 6.07) is 7.52. The number of rotatable bonds is 5. The van der Waals surface area contributed by atoms with Crippen LogP contribution in [0.3, 0.4) is 0 Å². The van der Waals surface area contributed by atoms with Crippen LogP contribution in [0.4, 0.5) is 0 Å². The zero-order chi connectivity index (χ0) is 19.6. The third kappa shape index (κ3) is 4.11. The lowest BCUT2D eigenvalue weighted by atomic mass is 10.1. The van der Waals surface area contributed by atoms with Gasteiger partial charge in [0.15, 0.2) is 5.76 Å². The summed E-state index contributed by atoms with van der Waals surface area (Å²) in [7, 11) is 0. The number of carbonyl (C=O) groups is 3. The van der Waals surface area contributed by atoms with E-state index in [9.17, 15) is 19.5 Å². The Hall–Kier alpha value is -2.87. The monoisotopic (exact) mass is 373 g/mol. The number of piperazine rings is 1. The molecule has 2 heterocycles. The predicted molar refractivity (Wildman–Crippen MR) is 97.4 cm³/mol. The summed E-state index contributed by atoms with van der Waals surface area (Å²) in [6.07, 6.45) is 0. The average Bonchev–Trinajstić information content (AvgIpc) is 2.95. The number of aliphatic hydroxyl groups excluding tert-OH is 1. The standard InChI is InChI=1S/C19H23N3O5/c1-13-2-4-14(5-3-13)17(24)21-9-6-20(7-10-21)8-11-22-12-15(19(26)27)16(23)18(22)25/h2-5,23H,6-12H2,1H3,(H,26,27). The molecule has 0 atom stereocenters. The Bertz CT molecular complexity index is 779. The van der Waals surface area contributed by atoms with Crippen LogP contribution in [0.15, 0.2) is 35.6 Å². The number of carbonyl (C=O) groups excluding carboxylic acids is 2. The molecule has 144 valence electrons. The maximum atomic E-state index is 12.5. The number of hydrogen-bond donors (Lipinski definition) is 2. The first-order chi connectivity index (χ1) is 12.9. The van der Waals surface area contributed by atoms with Gasteiger partial charge in [0.05, 0.1) is 6.54 Å². The second-order valence-electron chi connectivity index (χ2n) is 6.86. The number of aryl methyl sites for hydroxylation is 1. The molecule has 0 aromatic heterocycles. The zero-order valence-corrected chi connectivity index (χ0v) is 15.2. The van der Waals surface area contributed by atoms with Crippen LogP contribution in [0, 0.1) is 6.92 Å². The highest BCUT2D eigenvalue weighted by Crippen LogP contribution is 2.17. The molecule has 2 amide bonds. The van der Waals surface area contributed by atoms with Crippen LogP contribution in [0.2, 0.25) is 0 Å². The molecule has 0 bridgehead atoms. The Morgan fingerprint density at radius 2 is 1.67 bits per heavy atom. The smallest absolute Gasteiger partial charge is 0.337 e. The van der Waals surface area contributed by atoms with E-state index in [-0.39, 0.29) is 18.0 Å². The normalized spacial score (nSPS) is 18.3. The number of amides is 2. The molecule has 2 aliphatic rings. The van der Waals surface area contributed by atoms with E-state index in [4.69, 9.17) is 5.11 Å². The van der Waals surface area contributed by atoms with Gasteiger partial charge in [0, 0.05) is 44.8 Å². The van der Waals surface area contributed by atoms with Crippen molar-refractivity contribution in [3.8, 4) is 0 Å². The van der Waals surface area contributed by atoms with Crippen molar-refractivity contribution in [3.63, 3.8) is 0 Å². The molecule has 3 rings (SSSR count). The molecule has 2 aliphatic heterocycles. The van der Waals surface area contributed by atoms with Crippen molar-refractivity contribution < 1.29 is 24.6 Å². The van der Waals surface area contributed by atoms with Gasteiger partial charge in [-0.2, -0.15) is 0 Å². The van der Waals surface area contributed by atoms with E-state index in [0.29, 0.717) is 44.8 Å². The molecule has 1 aromatic rings. The Labute approximate surface area is 157 Å². The van der Waals surface area contributed by atoms with Gasteiger partial charge in [-0.15, -0.1) is 0 Å². The van der Waals surface area contributed by atoms with Crippen molar-refractivity contribution in [1.29, 1.82) is 0 Å². The molecular weight excluding hydrogens is 350 g/mol. The van der Waals surface area contributed by atoms with E-state index in [2.05, 4.69) is 4.90 Å². The van der Waals surface area contributed by atoms with Gasteiger partial charge < -0.3 is 20.0 Å². The summed E-state index contributed by atoms with van der Waals surface area (Å²) in [6.45, 7) is 5.38. The molecule has 0 spiro atoms. The van der Waals surface area contributed by atoms with Crippen LogP contribution in [0.5, 0.6) is 0 Å². The fourth-order valence-corrected chi connectivity index (χ4v) is 3.28. The predicted octanol–water partition coefficient (Wildman–Crippen LogP) is 0.492. The maximum absolute atomic E-state index is 12.5. The molecule has 0 aliphatic carbocycles. The lowest BCUT2D eigenvalue weighted by Gasteiger charge is -2.35. The van der Waals surface area contributed by atoms with E-state index >= 15 is 0 Å². The maximum Gasteiger partial charge on any atom is 0.337 e. The van der Waals surface area contributed by atoms with Crippen molar-refractivity contribution in [2.45, 2.75) is 6.92 Å². The summed E-state index contributed by atoms with van der Waals surface area (Å²) in [5, 5.41) is 18.6. The molecule has 0 radical (unpaired) electrons. The minimum Gasteiger partial charge on any atom is -0.503 e. The van der Waals surface area contributed by atoms with Crippen LogP contribution >= 0.6 is 0 Å². The van der Waals surface area contributed by atoms with Crippen molar-refractivity contribution in [2.24, 2.45) is 0 Å². The molecule has 2 N–H and O–H groups in total. The third-order valence-corrected chi connectivity index (χ3v) is 5.03. The van der Waals surface area contributed by atoms with Crippen molar-refractivity contribution in [1.82, 2.24) is 14.7 Å². The van der Waals surface area contributed by atoms with Gasteiger partial charge in [0.25, 0.3) is 11.8 Å². The Morgan fingerprint density at radius 1 is 1.04 bits per heavy atom. The molecule has 1 saturated heterocycles. The minimum absolute atomic E-state index is 0.0181. The Balaban J connectivity index is 1.46. The van der Waals surface area contributed by atoms with E-state index < -0.39 is 17.6 Å². The topological polar surface area (TPSA) is 101 Å². The van der Waals surface area contributed by atoms with Gasteiger partial charge in [-0.05, 0) is 19.1 Å². The summed E-state index contributed by atoms with van der Waals surface area (Å²) >= 11 is 0. The van der Waals surface area contributed by atoms with Crippen LogP contribution in [-0.4, -0.2) is 88.5 Å². The molecule has 8 nitrogen and oxygen atoms in total. The average molecular weight is 373 g/mol. The van der Waals surface area contributed by atoms with Crippen molar-refractivity contribution >= 4 is 17.8 Å². The van der Waals surface area contributed by atoms with Crippen LogP contribution in [0.1, 0.15) is 15.9 Å². The first-order valence-corrected chi connectivity index (χ1v) is 8.90. The summed E-state index contributed by atoms with van der Waals surface area (Å²) in [5.41, 5.74) is 1.53. The van der Waals surface area contributed by atoms with E-state index in [1.807, 2.05) is 36.1 Å². The summed E-state index contributed by atoms with van der Waals surface area (Å²) < 4.78 is 0. The number of aliphatic carboxylic acids is 1. The van der Waals surface area contributed by atoms with Crippen LogP contribution in [0.25, 0.3) is 0 Å². The highest BCUT2D eigenvalue weighted by molar-refractivity contribution is 6.04. The first-order valence-electron chi connectivity index (χ1n) is 8.90. The molecule has 0 unspecified atom stereocenters. The largest absolute Gasteiger partial charge is 0.503 e. The Kier molecular flexibility index (Phi) is 5.46. The highest BCUT2D eigenvalue weighted by Gasteiger charge is 2.34. The lowest BCUT2D eigenvalue weighted by Crippen LogP contribution is -2.50. The van der Waals surface area contributed by atoms with E-state index in [0.717, 1.165) is 5.56 Å². The minimum atomic E-state index is -1.27. The van der Waals surface area contributed by atoms with Gasteiger partial charge in [0.2, 0.25) is 0 Å². The molecule has 27 heavy (non-hydrogen) atoms. The fraction of sp³-hybridized carbons (Fsp3) is 0.421. The van der Waals surface area contributed by atoms with Gasteiger partial charge in [-0.1, -0.05) is 17.7 Å². The number of aliphatic hydroxyl groups is 1. The van der Waals surface area contributed by atoms with Crippen LogP contribution < -0.4 is 0 Å². The van der Waals surface area contributed by atoms with Gasteiger partial charge >= 0.3 is 5.97 Å². The third-order valence-electron chi connectivity index (χ3n) is 5.03. The SMILES string of the molecule is Cc1ccc(C(=O)N2CCN(CCN3CC(C(=O)O)=C(O)C3=O)CC2)cc1. The summed E-state index contributed by atoms with van der Waals surface area (Å²) in [5.74, 6) is -2.56. The van der Waals surface area contributed by atoms with E-state index in [1.165, 1.54) is 4.90 Å². The van der Waals surface area contributed by atoms with E-state index in [1.54, 1.807) is 0 Å². The highest BCUT2D eigenvalue weighted by atomic mass is 16.4. The van der Waals surface area contributed by atoms with Crippen molar-refractivity contribution in [2.75, 3.05) is 45.8 Å². The zero-order valence-electron chi connectivity index (χ0n) is 15.2. The van der Waals surface area contributed by atoms with Gasteiger partial charge in [0.1, 0.15) is 5.57 Å². The lowest BCUT2D eigenvalue weighted by molar-refractivity contribution is -0.133. The first kappa shape index (κ1) is 18.9. The van der Waals surface area contributed by atoms with Crippen LogP contribution in [-0.2, 0) is 9.59 Å². The number of carboxylic acids is 1. The summed E-state index contributed by atoms with van der Waals surface area (Å²) in [4.78, 5) is 40.7. The second-order valence-corrected chi connectivity index (χ2v) is 6.86. The molecule has 8 heteroatoms. The quantitative estimate of drug-likeness (QED) is 0.779. The number of hydrogen-bond acceptors (Lipinski definition) is 5.